The maximum Gasteiger partial charge on any atom is 0.0366 e. The van der Waals surface area contributed by atoms with Gasteiger partial charge < -0.3 is 5.32 Å². The Balaban J connectivity index is 2.75. The molecule has 0 heterocycles. The first-order chi connectivity index (χ1) is 11.7. The molecule has 0 atom stereocenters. The van der Waals surface area contributed by atoms with E-state index in [2.05, 4.69) is 107 Å². The third kappa shape index (κ3) is 4.32. The maximum absolute atomic E-state index is 4.26. The molecule has 0 radical (unpaired) electrons. The van der Waals surface area contributed by atoms with Crippen molar-refractivity contribution in [2.24, 2.45) is 0 Å². The average Bonchev–Trinajstić information content (AvgIpc) is 2.59. The van der Waals surface area contributed by atoms with Crippen LogP contribution in [0.1, 0.15) is 45.7 Å². The standard InChI is InChI=1S/C23H31NSi/c1-17(2)21(24-22(4,5)6)18(3)23(25,19-13-9-7-10-14-19)20-15-11-8-12-16-20/h7-16,24H,1H2,2-6,25H3. The highest BCUT2D eigenvalue weighted by atomic mass is 28.1. The van der Waals surface area contributed by atoms with Crippen LogP contribution in [0, 0.1) is 0 Å². The van der Waals surface area contributed by atoms with Gasteiger partial charge in [0.15, 0.2) is 0 Å². The van der Waals surface area contributed by atoms with Crippen molar-refractivity contribution in [3.8, 4) is 0 Å². The first kappa shape index (κ1) is 19.3. The Morgan fingerprint density at radius 1 is 0.840 bits per heavy atom. The molecule has 0 aliphatic heterocycles. The largest absolute Gasteiger partial charge is 0.380 e. The van der Waals surface area contributed by atoms with Crippen LogP contribution >= 0.6 is 0 Å². The van der Waals surface area contributed by atoms with Gasteiger partial charge in [-0.15, -0.1) is 0 Å². The zero-order valence-electron chi connectivity index (χ0n) is 16.5. The van der Waals surface area contributed by atoms with E-state index in [1.165, 1.54) is 22.4 Å². The molecule has 0 aliphatic rings. The van der Waals surface area contributed by atoms with Crippen LogP contribution in [-0.2, 0) is 5.04 Å². The third-order valence-electron chi connectivity index (χ3n) is 4.75. The van der Waals surface area contributed by atoms with Crippen molar-refractivity contribution < 1.29 is 0 Å². The topological polar surface area (TPSA) is 12.0 Å². The fourth-order valence-electron chi connectivity index (χ4n) is 3.29. The molecule has 2 heteroatoms. The summed E-state index contributed by atoms with van der Waals surface area (Å²) in [4.78, 5) is 0. The van der Waals surface area contributed by atoms with Crippen LogP contribution in [0.15, 0.2) is 84.1 Å². The van der Waals surface area contributed by atoms with Gasteiger partial charge in [-0.1, -0.05) is 67.2 Å². The summed E-state index contributed by atoms with van der Waals surface area (Å²) in [7, 11) is 0.973. The van der Waals surface area contributed by atoms with Crippen molar-refractivity contribution in [2.45, 2.75) is 45.2 Å². The van der Waals surface area contributed by atoms with Gasteiger partial charge in [0.2, 0.25) is 0 Å². The van der Waals surface area contributed by atoms with E-state index in [9.17, 15) is 0 Å². The first-order valence-corrected chi connectivity index (χ1v) is 9.92. The molecule has 0 amide bonds. The molecule has 0 bridgehead atoms. The summed E-state index contributed by atoms with van der Waals surface area (Å²) in [6.07, 6.45) is 0. The Morgan fingerprint density at radius 2 is 1.24 bits per heavy atom. The van der Waals surface area contributed by atoms with Gasteiger partial charge in [-0.05, 0) is 56.9 Å². The van der Waals surface area contributed by atoms with Crippen LogP contribution in [0.5, 0.6) is 0 Å². The molecule has 0 saturated carbocycles. The lowest BCUT2D eigenvalue weighted by molar-refractivity contribution is 0.471. The number of rotatable bonds is 5. The van der Waals surface area contributed by atoms with E-state index < -0.39 is 0 Å². The van der Waals surface area contributed by atoms with Gasteiger partial charge in [-0.2, -0.15) is 0 Å². The molecule has 0 fully saturated rings. The highest BCUT2D eigenvalue weighted by molar-refractivity contribution is 6.20. The SMILES string of the molecule is C=C(C)C(NC(C)(C)C)=C(C)C([SiH3])(c1ccccc1)c1ccccc1. The quantitative estimate of drug-likeness (QED) is 0.617. The normalized spacial score (nSPS) is 13.3. The van der Waals surface area contributed by atoms with Crippen molar-refractivity contribution in [3.63, 3.8) is 0 Å². The zero-order chi connectivity index (χ0) is 18.7. The second-order valence-corrected chi connectivity index (χ2v) is 9.51. The summed E-state index contributed by atoms with van der Waals surface area (Å²) < 4.78 is 0. The van der Waals surface area contributed by atoms with Crippen molar-refractivity contribution >= 4 is 10.2 Å². The minimum atomic E-state index is -0.0882. The van der Waals surface area contributed by atoms with E-state index in [1.807, 2.05) is 0 Å². The zero-order valence-corrected chi connectivity index (χ0v) is 18.5. The van der Waals surface area contributed by atoms with E-state index in [-0.39, 0.29) is 10.6 Å². The lowest BCUT2D eigenvalue weighted by Crippen LogP contribution is -2.39. The molecule has 0 spiro atoms. The van der Waals surface area contributed by atoms with E-state index >= 15 is 0 Å². The molecule has 132 valence electrons. The number of allylic oxidation sites excluding steroid dienone is 2. The summed E-state index contributed by atoms with van der Waals surface area (Å²) in [5.74, 6) is 0. The average molecular weight is 350 g/mol. The van der Waals surface area contributed by atoms with Crippen LogP contribution in [0.2, 0.25) is 0 Å². The van der Waals surface area contributed by atoms with Gasteiger partial charge in [0.05, 0.1) is 0 Å². The van der Waals surface area contributed by atoms with Crippen LogP contribution in [0.4, 0.5) is 0 Å². The number of nitrogens with one attached hydrogen (secondary N) is 1. The Labute approximate surface area is 156 Å². The molecule has 0 aliphatic carbocycles. The molecule has 2 aromatic carbocycles. The lowest BCUT2D eigenvalue weighted by Gasteiger charge is -2.36. The molecule has 1 N–H and O–H groups in total. The van der Waals surface area contributed by atoms with Crippen LogP contribution in [-0.4, -0.2) is 15.8 Å². The number of hydrogen-bond acceptors (Lipinski definition) is 1. The van der Waals surface area contributed by atoms with Gasteiger partial charge in [0.25, 0.3) is 0 Å². The Kier molecular flexibility index (Phi) is 5.74. The highest BCUT2D eigenvalue weighted by Gasteiger charge is 2.33. The highest BCUT2D eigenvalue weighted by Crippen LogP contribution is 2.38. The van der Waals surface area contributed by atoms with Crippen LogP contribution in [0.3, 0.4) is 0 Å². The predicted octanol–water partition coefficient (Wildman–Crippen LogP) is 4.53. The van der Waals surface area contributed by atoms with E-state index in [1.54, 1.807) is 0 Å². The summed E-state index contributed by atoms with van der Waals surface area (Å²) in [6.45, 7) is 15.2. The van der Waals surface area contributed by atoms with E-state index in [4.69, 9.17) is 0 Å². The predicted molar refractivity (Wildman–Crippen MR) is 114 cm³/mol. The molecule has 0 aromatic heterocycles. The fourth-order valence-corrected chi connectivity index (χ4v) is 4.20. The van der Waals surface area contributed by atoms with Gasteiger partial charge in [0, 0.05) is 26.5 Å². The third-order valence-corrected chi connectivity index (χ3v) is 6.66. The van der Waals surface area contributed by atoms with Crippen molar-refractivity contribution in [3.05, 3.63) is 95.2 Å². The minimum absolute atomic E-state index is 0.00855. The summed E-state index contributed by atoms with van der Waals surface area (Å²) in [5.41, 5.74) is 6.29. The van der Waals surface area contributed by atoms with Crippen LogP contribution < -0.4 is 5.32 Å². The van der Waals surface area contributed by atoms with Gasteiger partial charge in [0.1, 0.15) is 0 Å². The molecule has 0 saturated heterocycles. The number of hydrogen-bond donors (Lipinski definition) is 1. The van der Waals surface area contributed by atoms with Crippen molar-refractivity contribution in [1.29, 1.82) is 0 Å². The second-order valence-electron chi connectivity index (χ2n) is 8.01. The lowest BCUT2D eigenvalue weighted by atomic mass is 9.82. The second kappa shape index (κ2) is 7.45. The van der Waals surface area contributed by atoms with Gasteiger partial charge in [-0.3, -0.25) is 0 Å². The maximum atomic E-state index is 4.26. The monoisotopic (exact) mass is 349 g/mol. The van der Waals surface area contributed by atoms with Gasteiger partial charge >= 0.3 is 0 Å². The van der Waals surface area contributed by atoms with Crippen molar-refractivity contribution in [1.82, 2.24) is 5.32 Å². The Bertz CT molecular complexity index is 712. The molecule has 2 aromatic rings. The van der Waals surface area contributed by atoms with Crippen molar-refractivity contribution in [2.75, 3.05) is 0 Å². The summed E-state index contributed by atoms with van der Waals surface area (Å²) >= 11 is 0. The fraction of sp³-hybridized carbons (Fsp3) is 0.304. The van der Waals surface area contributed by atoms with E-state index in [0.29, 0.717) is 0 Å². The molecular formula is C23H31NSi. The number of benzene rings is 2. The minimum Gasteiger partial charge on any atom is -0.380 e. The summed E-state index contributed by atoms with van der Waals surface area (Å²) in [5, 5.41) is 3.61. The van der Waals surface area contributed by atoms with Gasteiger partial charge in [-0.25, -0.2) is 0 Å². The molecule has 2 rings (SSSR count). The smallest absolute Gasteiger partial charge is 0.0366 e. The van der Waals surface area contributed by atoms with Crippen LogP contribution in [0.25, 0.3) is 0 Å². The Morgan fingerprint density at radius 3 is 1.56 bits per heavy atom. The Hall–Kier alpha value is -2.06. The van der Waals surface area contributed by atoms with E-state index in [0.717, 1.165) is 15.8 Å². The molecular weight excluding hydrogens is 318 g/mol. The molecule has 25 heavy (non-hydrogen) atoms. The molecule has 1 nitrogen and oxygen atoms in total. The molecule has 0 unspecified atom stereocenters. The summed E-state index contributed by atoms with van der Waals surface area (Å²) in [6, 6.07) is 21.7. The first-order valence-electron chi connectivity index (χ1n) is 8.92.